The number of hydrogen-bond donors (Lipinski definition) is 1. The molecule has 1 heterocycles. The number of esters is 1. The van der Waals surface area contributed by atoms with Gasteiger partial charge >= 0.3 is 5.97 Å². The zero-order chi connectivity index (χ0) is 11.4. The van der Waals surface area contributed by atoms with Gasteiger partial charge in [0, 0.05) is 0 Å². The van der Waals surface area contributed by atoms with Gasteiger partial charge in [0.25, 0.3) is 0 Å². The second-order valence-electron chi connectivity index (χ2n) is 4.07. The van der Waals surface area contributed by atoms with Crippen molar-refractivity contribution in [1.29, 1.82) is 0 Å². The molecule has 1 aliphatic rings. The number of carbonyl (C=O) groups excluding carboxylic acids is 2. The minimum atomic E-state index is -0.357. The van der Waals surface area contributed by atoms with E-state index in [0.29, 0.717) is 0 Å². The maximum Gasteiger partial charge on any atom is 0.320 e. The van der Waals surface area contributed by atoms with E-state index < -0.39 is 0 Å². The van der Waals surface area contributed by atoms with Crippen LogP contribution in [-0.2, 0) is 14.3 Å². The lowest BCUT2D eigenvalue weighted by atomic mass is 10.2. The highest BCUT2D eigenvalue weighted by Gasteiger charge is 2.30. The summed E-state index contributed by atoms with van der Waals surface area (Å²) in [7, 11) is 0. The van der Waals surface area contributed by atoms with E-state index in [1.54, 1.807) is 18.7 Å². The third kappa shape index (κ3) is 3.51. The SMILES string of the molecule is CC(C)OC(=O)CN1CCCC1C(N)=O. The number of likely N-dealkylation sites (tertiary alicyclic amines) is 1. The van der Waals surface area contributed by atoms with Gasteiger partial charge in [0.15, 0.2) is 0 Å². The number of primary amides is 1. The van der Waals surface area contributed by atoms with E-state index in [4.69, 9.17) is 10.5 Å². The number of amides is 1. The smallest absolute Gasteiger partial charge is 0.320 e. The molecule has 1 unspecified atom stereocenters. The van der Waals surface area contributed by atoms with Crippen LogP contribution in [-0.4, -0.2) is 42.0 Å². The predicted octanol–water partition coefficient (Wildman–Crippen LogP) is -0.112. The molecule has 0 saturated carbocycles. The first-order chi connectivity index (χ1) is 7.00. The van der Waals surface area contributed by atoms with Crippen LogP contribution in [0.4, 0.5) is 0 Å². The van der Waals surface area contributed by atoms with Gasteiger partial charge in [-0.05, 0) is 33.2 Å². The summed E-state index contributed by atoms with van der Waals surface area (Å²) >= 11 is 0. The minimum Gasteiger partial charge on any atom is -0.462 e. The van der Waals surface area contributed by atoms with E-state index >= 15 is 0 Å². The molecule has 0 aromatic carbocycles. The molecule has 0 aromatic heterocycles. The van der Waals surface area contributed by atoms with Crippen molar-refractivity contribution in [2.75, 3.05) is 13.1 Å². The molecule has 0 aliphatic carbocycles. The number of carbonyl (C=O) groups is 2. The van der Waals surface area contributed by atoms with E-state index in [9.17, 15) is 9.59 Å². The molecule has 5 nitrogen and oxygen atoms in total. The summed E-state index contributed by atoms with van der Waals surface area (Å²) in [5.74, 6) is -0.650. The minimum absolute atomic E-state index is 0.118. The van der Waals surface area contributed by atoms with Gasteiger partial charge in [-0.3, -0.25) is 14.5 Å². The van der Waals surface area contributed by atoms with Crippen molar-refractivity contribution in [3.63, 3.8) is 0 Å². The van der Waals surface area contributed by atoms with Gasteiger partial charge in [-0.15, -0.1) is 0 Å². The Hall–Kier alpha value is -1.10. The van der Waals surface area contributed by atoms with Gasteiger partial charge in [0.2, 0.25) is 5.91 Å². The zero-order valence-electron chi connectivity index (χ0n) is 9.23. The third-order valence-corrected chi connectivity index (χ3v) is 2.39. The van der Waals surface area contributed by atoms with Crippen LogP contribution in [0.1, 0.15) is 26.7 Å². The third-order valence-electron chi connectivity index (χ3n) is 2.39. The Morgan fingerprint density at radius 3 is 2.73 bits per heavy atom. The highest BCUT2D eigenvalue weighted by Crippen LogP contribution is 2.16. The van der Waals surface area contributed by atoms with Crippen LogP contribution in [0.2, 0.25) is 0 Å². The molecule has 1 fully saturated rings. The number of nitrogens with zero attached hydrogens (tertiary/aromatic N) is 1. The zero-order valence-corrected chi connectivity index (χ0v) is 9.23. The number of ether oxygens (including phenoxy) is 1. The van der Waals surface area contributed by atoms with Gasteiger partial charge in [-0.25, -0.2) is 0 Å². The molecular weight excluding hydrogens is 196 g/mol. The van der Waals surface area contributed by atoms with Crippen LogP contribution < -0.4 is 5.73 Å². The molecule has 15 heavy (non-hydrogen) atoms. The van der Waals surface area contributed by atoms with Gasteiger partial charge < -0.3 is 10.5 Å². The maximum atomic E-state index is 11.4. The fraction of sp³-hybridized carbons (Fsp3) is 0.800. The van der Waals surface area contributed by atoms with Gasteiger partial charge in [0.05, 0.1) is 18.7 Å². The number of nitrogens with two attached hydrogens (primary N) is 1. The van der Waals surface area contributed by atoms with Crippen molar-refractivity contribution in [3.05, 3.63) is 0 Å². The van der Waals surface area contributed by atoms with Crippen LogP contribution in [0, 0.1) is 0 Å². The standard InChI is InChI=1S/C10H18N2O3/c1-7(2)15-9(13)6-12-5-3-4-8(12)10(11)14/h7-8H,3-6H2,1-2H3,(H2,11,14). The van der Waals surface area contributed by atoms with Crippen LogP contribution in [0.25, 0.3) is 0 Å². The summed E-state index contributed by atoms with van der Waals surface area (Å²) in [6.45, 7) is 4.49. The monoisotopic (exact) mass is 214 g/mol. The molecule has 1 atom stereocenters. The highest BCUT2D eigenvalue weighted by molar-refractivity contribution is 5.81. The Morgan fingerprint density at radius 2 is 2.20 bits per heavy atom. The van der Waals surface area contributed by atoms with Crippen LogP contribution >= 0.6 is 0 Å². The molecular formula is C10H18N2O3. The molecule has 0 aromatic rings. The molecule has 1 aliphatic heterocycles. The topological polar surface area (TPSA) is 72.6 Å². The largest absolute Gasteiger partial charge is 0.462 e. The lowest BCUT2D eigenvalue weighted by Gasteiger charge is -2.21. The van der Waals surface area contributed by atoms with Crippen molar-refractivity contribution < 1.29 is 14.3 Å². The molecule has 5 heteroatoms. The number of rotatable bonds is 4. The van der Waals surface area contributed by atoms with Gasteiger partial charge in [-0.2, -0.15) is 0 Å². The van der Waals surface area contributed by atoms with Crippen LogP contribution in [0.3, 0.4) is 0 Å². The summed E-state index contributed by atoms with van der Waals surface area (Å²) in [5.41, 5.74) is 5.23. The molecule has 1 rings (SSSR count). The maximum absolute atomic E-state index is 11.4. The van der Waals surface area contributed by atoms with E-state index in [1.165, 1.54) is 0 Å². The Bertz CT molecular complexity index is 253. The van der Waals surface area contributed by atoms with E-state index in [1.807, 2.05) is 0 Å². The summed E-state index contributed by atoms with van der Waals surface area (Å²) < 4.78 is 5.01. The predicted molar refractivity (Wildman–Crippen MR) is 55.0 cm³/mol. The molecule has 0 bridgehead atoms. The van der Waals surface area contributed by atoms with Crippen molar-refractivity contribution in [2.24, 2.45) is 5.73 Å². The molecule has 1 amide bonds. The number of hydrogen-bond acceptors (Lipinski definition) is 4. The van der Waals surface area contributed by atoms with Crippen molar-refractivity contribution >= 4 is 11.9 Å². The second kappa shape index (κ2) is 5.11. The van der Waals surface area contributed by atoms with Crippen molar-refractivity contribution in [3.8, 4) is 0 Å². The van der Waals surface area contributed by atoms with Gasteiger partial charge in [-0.1, -0.05) is 0 Å². The molecule has 86 valence electrons. The van der Waals surface area contributed by atoms with Crippen LogP contribution in [0.5, 0.6) is 0 Å². The first-order valence-electron chi connectivity index (χ1n) is 5.23. The van der Waals surface area contributed by atoms with E-state index in [2.05, 4.69) is 0 Å². The Kier molecular flexibility index (Phi) is 4.08. The molecule has 1 saturated heterocycles. The van der Waals surface area contributed by atoms with Gasteiger partial charge in [0.1, 0.15) is 0 Å². The fourth-order valence-corrected chi connectivity index (χ4v) is 1.80. The summed E-state index contributed by atoms with van der Waals surface area (Å²) in [5, 5.41) is 0. The first-order valence-corrected chi connectivity index (χ1v) is 5.23. The van der Waals surface area contributed by atoms with E-state index in [-0.39, 0.29) is 30.6 Å². The Labute approximate surface area is 89.6 Å². The molecule has 2 N–H and O–H groups in total. The Morgan fingerprint density at radius 1 is 1.53 bits per heavy atom. The van der Waals surface area contributed by atoms with Crippen molar-refractivity contribution in [2.45, 2.75) is 38.8 Å². The first kappa shape index (κ1) is 12.0. The lowest BCUT2D eigenvalue weighted by molar-refractivity contribution is -0.149. The average molecular weight is 214 g/mol. The summed E-state index contributed by atoms with van der Waals surface area (Å²) in [6.07, 6.45) is 1.53. The molecule has 0 radical (unpaired) electrons. The van der Waals surface area contributed by atoms with E-state index in [0.717, 1.165) is 19.4 Å². The second-order valence-corrected chi connectivity index (χ2v) is 4.07. The summed E-state index contributed by atoms with van der Waals surface area (Å²) in [6, 6.07) is -0.301. The summed E-state index contributed by atoms with van der Waals surface area (Å²) in [4.78, 5) is 24.2. The lowest BCUT2D eigenvalue weighted by Crippen LogP contribution is -2.43. The van der Waals surface area contributed by atoms with Crippen molar-refractivity contribution in [1.82, 2.24) is 4.90 Å². The Balaban J connectivity index is 2.43. The highest BCUT2D eigenvalue weighted by atomic mass is 16.5. The van der Waals surface area contributed by atoms with Crippen LogP contribution in [0.15, 0.2) is 0 Å². The average Bonchev–Trinajstić information content (AvgIpc) is 2.50. The normalized spacial score (nSPS) is 21.9. The quantitative estimate of drug-likeness (QED) is 0.663. The molecule has 0 spiro atoms. The fourth-order valence-electron chi connectivity index (χ4n) is 1.80.